The second-order valence-corrected chi connectivity index (χ2v) is 10.8. The number of anilines is 1. The van der Waals surface area contributed by atoms with Crippen molar-refractivity contribution in [3.8, 4) is 11.1 Å². The highest BCUT2D eigenvalue weighted by molar-refractivity contribution is 6.13. The molecule has 0 N–H and O–H groups in total. The molecule has 41 heavy (non-hydrogen) atoms. The minimum absolute atomic E-state index is 0.257. The van der Waals surface area contributed by atoms with Crippen molar-refractivity contribution in [1.82, 2.24) is 9.61 Å². The highest BCUT2D eigenvalue weighted by Gasteiger charge is 2.32. The maximum absolute atomic E-state index is 13.9. The monoisotopic (exact) mass is 558 g/mol. The van der Waals surface area contributed by atoms with Crippen molar-refractivity contribution in [1.29, 1.82) is 0 Å². The molecule has 0 amide bonds. The number of carbonyl (C=O) groups excluding carboxylic acids is 1. The van der Waals surface area contributed by atoms with Crippen molar-refractivity contribution in [2.75, 3.05) is 44.9 Å². The molecule has 0 radical (unpaired) electrons. The number of aliphatic imine (C=N–C) groups is 1. The third-order valence-electron chi connectivity index (χ3n) is 8.09. The summed E-state index contributed by atoms with van der Waals surface area (Å²) in [5.41, 5.74) is 5.39. The maximum atomic E-state index is 13.9. The van der Waals surface area contributed by atoms with Gasteiger partial charge in [0, 0.05) is 30.3 Å². The molecule has 3 heterocycles. The lowest BCUT2D eigenvalue weighted by Crippen LogP contribution is -2.37. The molecule has 2 fully saturated rings. The molecule has 8 nitrogen and oxygen atoms in total. The van der Waals surface area contributed by atoms with Gasteiger partial charge in [-0.1, -0.05) is 69.5 Å². The number of carbonyl (C=O) groups is 1. The van der Waals surface area contributed by atoms with Gasteiger partial charge >= 0.3 is 5.97 Å². The first-order chi connectivity index (χ1) is 20.1. The minimum Gasteiger partial charge on any atom is -0.480 e. The van der Waals surface area contributed by atoms with E-state index in [4.69, 9.17) is 24.3 Å². The van der Waals surface area contributed by atoms with Crippen molar-refractivity contribution in [3.05, 3.63) is 65.5 Å². The Hall–Kier alpha value is -3.65. The smallest absolute Gasteiger partial charge is 0.341 e. The van der Waals surface area contributed by atoms with Crippen LogP contribution in [0.1, 0.15) is 74.0 Å². The number of fused-ring (bicyclic) bond motifs is 1. The van der Waals surface area contributed by atoms with Crippen LogP contribution in [0, 0.1) is 5.92 Å². The number of morpholine rings is 1. The molecule has 1 saturated heterocycles. The number of benzene rings is 1. The molecule has 0 spiro atoms. The summed E-state index contributed by atoms with van der Waals surface area (Å²) >= 11 is 0. The summed E-state index contributed by atoms with van der Waals surface area (Å²) in [6.07, 6.45) is 7.30. The van der Waals surface area contributed by atoms with Gasteiger partial charge in [-0.05, 0) is 37.8 Å². The standard InChI is InChI=1S/C33H42N4O4/c1-5-13-27-29(32(39-4)34-23(3)24-14-9-7-10-15-24)30(33(38)41-6-2)31-26(25-16-11-8-12-17-25)22-28(35-37(27)31)36-18-20-40-21-19-36/h8,11-12,16-17,22,24H,3,5-7,9-10,13-15,18-21H2,1-2,4H3. The molecule has 1 saturated carbocycles. The van der Waals surface area contributed by atoms with Crippen molar-refractivity contribution in [2.24, 2.45) is 10.9 Å². The molecular weight excluding hydrogens is 516 g/mol. The van der Waals surface area contributed by atoms with Crippen LogP contribution in [0.4, 0.5) is 5.82 Å². The van der Waals surface area contributed by atoms with Gasteiger partial charge in [-0.3, -0.25) is 0 Å². The van der Waals surface area contributed by atoms with Gasteiger partial charge in [-0.2, -0.15) is 0 Å². The first-order valence-corrected chi connectivity index (χ1v) is 15.0. The van der Waals surface area contributed by atoms with E-state index in [1.54, 1.807) is 7.11 Å². The maximum Gasteiger partial charge on any atom is 0.341 e. The highest BCUT2D eigenvalue weighted by Crippen LogP contribution is 2.37. The Morgan fingerprint density at radius 3 is 2.49 bits per heavy atom. The fourth-order valence-corrected chi connectivity index (χ4v) is 6.04. The number of nitrogens with zero attached hydrogens (tertiary/aromatic N) is 4. The Morgan fingerprint density at radius 1 is 1.10 bits per heavy atom. The zero-order valence-electron chi connectivity index (χ0n) is 24.7. The summed E-state index contributed by atoms with van der Waals surface area (Å²) in [6.45, 7) is 11.4. The first kappa shape index (κ1) is 28.9. The lowest BCUT2D eigenvalue weighted by molar-refractivity contribution is 0.0528. The number of hydrogen-bond acceptors (Lipinski definition) is 7. The molecule has 2 aliphatic rings. The lowest BCUT2D eigenvalue weighted by Gasteiger charge is -2.28. The zero-order valence-corrected chi connectivity index (χ0v) is 24.7. The Labute approximate surface area is 243 Å². The molecule has 3 aromatic rings. The average molecular weight is 559 g/mol. The normalized spacial score (nSPS) is 16.7. The number of rotatable bonds is 9. The topological polar surface area (TPSA) is 77.7 Å². The fourth-order valence-electron chi connectivity index (χ4n) is 6.04. The molecule has 5 rings (SSSR count). The summed E-state index contributed by atoms with van der Waals surface area (Å²) < 4.78 is 19.2. The summed E-state index contributed by atoms with van der Waals surface area (Å²) in [5, 5.41) is 5.16. The molecule has 2 aromatic heterocycles. The van der Waals surface area contributed by atoms with Crippen LogP contribution in [-0.2, 0) is 20.6 Å². The molecule has 8 heteroatoms. The Bertz CT molecular complexity index is 1400. The summed E-state index contributed by atoms with van der Waals surface area (Å²) in [7, 11) is 1.62. The number of methoxy groups -OCH3 is 1. The minimum atomic E-state index is -0.409. The third kappa shape index (κ3) is 6.03. The van der Waals surface area contributed by atoms with Gasteiger partial charge in [0.05, 0.1) is 43.7 Å². The Morgan fingerprint density at radius 2 is 1.83 bits per heavy atom. The number of ether oxygens (including phenoxy) is 3. The van der Waals surface area contributed by atoms with E-state index < -0.39 is 5.97 Å². The van der Waals surface area contributed by atoms with Crippen molar-refractivity contribution in [2.45, 2.75) is 58.8 Å². The number of hydrogen-bond donors (Lipinski definition) is 0. The Kier molecular flexibility index (Phi) is 9.39. The van der Waals surface area contributed by atoms with Crippen LogP contribution in [0.3, 0.4) is 0 Å². The van der Waals surface area contributed by atoms with Crippen LogP contribution >= 0.6 is 0 Å². The van der Waals surface area contributed by atoms with Crippen LogP contribution in [0.15, 0.2) is 53.7 Å². The van der Waals surface area contributed by atoms with E-state index in [2.05, 4.69) is 36.6 Å². The van der Waals surface area contributed by atoms with Gasteiger partial charge in [0.2, 0.25) is 5.90 Å². The highest BCUT2D eigenvalue weighted by atomic mass is 16.5. The van der Waals surface area contributed by atoms with Crippen LogP contribution in [0.25, 0.3) is 16.6 Å². The van der Waals surface area contributed by atoms with E-state index in [1.165, 1.54) is 19.3 Å². The predicted octanol–water partition coefficient (Wildman–Crippen LogP) is 6.45. The first-order valence-electron chi connectivity index (χ1n) is 15.0. The third-order valence-corrected chi connectivity index (χ3v) is 8.09. The van der Waals surface area contributed by atoms with E-state index in [1.807, 2.05) is 29.6 Å². The Balaban J connectivity index is 1.81. The molecule has 0 bridgehead atoms. The second-order valence-electron chi connectivity index (χ2n) is 10.8. The van der Waals surface area contributed by atoms with E-state index in [-0.39, 0.29) is 6.61 Å². The molecule has 1 aromatic carbocycles. The SMILES string of the molecule is C=C(N=C(OC)c1c(C(=O)OCC)c2c(-c3ccccc3)cc(N3CCOCC3)nn2c1CCC)C1CCCCC1. The van der Waals surface area contributed by atoms with Crippen LogP contribution in [0.2, 0.25) is 0 Å². The summed E-state index contributed by atoms with van der Waals surface area (Å²) in [6, 6.07) is 12.2. The molecular formula is C33H42N4O4. The summed E-state index contributed by atoms with van der Waals surface area (Å²) in [4.78, 5) is 21.1. The van der Waals surface area contributed by atoms with Crippen LogP contribution < -0.4 is 4.90 Å². The number of aromatic nitrogens is 2. The van der Waals surface area contributed by atoms with Gasteiger partial charge in [0.15, 0.2) is 0 Å². The predicted molar refractivity (Wildman–Crippen MR) is 163 cm³/mol. The average Bonchev–Trinajstić information content (AvgIpc) is 3.34. The van der Waals surface area contributed by atoms with Crippen LogP contribution in [0.5, 0.6) is 0 Å². The largest absolute Gasteiger partial charge is 0.480 e. The van der Waals surface area contributed by atoms with Gasteiger partial charge < -0.3 is 19.1 Å². The van der Waals surface area contributed by atoms with Crippen molar-refractivity contribution >= 4 is 23.2 Å². The van der Waals surface area contributed by atoms with Gasteiger partial charge in [0.25, 0.3) is 0 Å². The van der Waals surface area contributed by atoms with E-state index >= 15 is 0 Å². The molecule has 0 atom stereocenters. The molecule has 1 aliphatic heterocycles. The zero-order chi connectivity index (χ0) is 28.8. The summed E-state index contributed by atoms with van der Waals surface area (Å²) in [5.74, 6) is 1.15. The van der Waals surface area contributed by atoms with Crippen LogP contribution in [-0.4, -0.2) is 61.5 Å². The van der Waals surface area contributed by atoms with E-state index in [0.29, 0.717) is 48.1 Å². The number of aryl methyl sites for hydroxylation is 1. The van der Waals surface area contributed by atoms with Crippen molar-refractivity contribution in [3.63, 3.8) is 0 Å². The molecule has 1 aliphatic carbocycles. The number of allylic oxidation sites excluding steroid dienone is 1. The lowest BCUT2D eigenvalue weighted by atomic mass is 9.87. The van der Waals surface area contributed by atoms with Crippen molar-refractivity contribution < 1.29 is 19.0 Å². The molecule has 0 unspecified atom stereocenters. The quantitative estimate of drug-likeness (QED) is 0.171. The van der Waals surface area contributed by atoms with Gasteiger partial charge in [-0.25, -0.2) is 14.3 Å². The molecule has 218 valence electrons. The van der Waals surface area contributed by atoms with Gasteiger partial charge in [0.1, 0.15) is 11.4 Å². The number of esters is 1. The second kappa shape index (κ2) is 13.3. The fraction of sp³-hybridized carbons (Fsp3) is 0.485. The van der Waals surface area contributed by atoms with E-state index in [9.17, 15) is 4.79 Å². The van der Waals surface area contributed by atoms with Gasteiger partial charge in [-0.15, -0.1) is 5.10 Å². The van der Waals surface area contributed by atoms with E-state index in [0.717, 1.165) is 60.7 Å².